The molecule has 2 aromatic heterocycles. The molecule has 0 spiro atoms. The number of carbonyl (C=O) groups excluding carboxylic acids is 1. The number of aryl methyl sites for hydroxylation is 1. The molecule has 0 atom stereocenters. The molecule has 0 bridgehead atoms. The molecule has 3 aromatic rings. The molecule has 27 heavy (non-hydrogen) atoms. The fourth-order valence-corrected chi connectivity index (χ4v) is 4.10. The highest BCUT2D eigenvalue weighted by Crippen LogP contribution is 2.35. The molecule has 1 aromatic carbocycles. The van der Waals surface area contributed by atoms with Crippen molar-refractivity contribution in [3.8, 4) is 5.75 Å². The number of para-hydroxylation sites is 2. The molecule has 6 nitrogen and oxygen atoms in total. The Morgan fingerprint density at radius 3 is 2.63 bits per heavy atom. The van der Waals surface area contributed by atoms with Crippen LogP contribution in [0, 0.1) is 6.92 Å². The standard InChI is InChI=1S/C20H24N4O2S/c1-5-24(6-2)18-16-13(4)17(27-20(16)22-12-21-18)19(25)23-14-10-8-9-11-15(14)26-7-3/h8-12H,5-7H2,1-4H3,(H,23,25). The molecule has 2 heterocycles. The third kappa shape index (κ3) is 3.73. The highest BCUT2D eigenvalue weighted by Gasteiger charge is 2.21. The summed E-state index contributed by atoms with van der Waals surface area (Å²) in [6.45, 7) is 10.3. The minimum absolute atomic E-state index is 0.159. The first-order chi connectivity index (χ1) is 13.1. The molecule has 0 unspecified atom stereocenters. The molecule has 0 saturated heterocycles. The van der Waals surface area contributed by atoms with Gasteiger partial charge >= 0.3 is 0 Å². The van der Waals surface area contributed by atoms with E-state index >= 15 is 0 Å². The largest absolute Gasteiger partial charge is 0.492 e. The SMILES string of the molecule is CCOc1ccccc1NC(=O)c1sc2ncnc(N(CC)CC)c2c1C. The number of hydrogen-bond donors (Lipinski definition) is 1. The Morgan fingerprint density at radius 1 is 1.19 bits per heavy atom. The van der Waals surface area contributed by atoms with Gasteiger partial charge in [-0.2, -0.15) is 0 Å². The number of amides is 1. The van der Waals surface area contributed by atoms with Crippen LogP contribution in [0.25, 0.3) is 10.2 Å². The van der Waals surface area contributed by atoms with Crippen molar-refractivity contribution in [1.82, 2.24) is 9.97 Å². The van der Waals surface area contributed by atoms with Gasteiger partial charge in [-0.3, -0.25) is 4.79 Å². The molecule has 0 aliphatic carbocycles. The van der Waals surface area contributed by atoms with Crippen LogP contribution in [-0.4, -0.2) is 35.6 Å². The van der Waals surface area contributed by atoms with Gasteiger partial charge in [0.1, 0.15) is 22.7 Å². The average Bonchev–Trinajstić information content (AvgIpc) is 3.02. The van der Waals surface area contributed by atoms with Crippen LogP contribution < -0.4 is 15.0 Å². The zero-order chi connectivity index (χ0) is 19.4. The molecule has 0 saturated carbocycles. The maximum atomic E-state index is 13.0. The van der Waals surface area contributed by atoms with E-state index in [1.165, 1.54) is 11.3 Å². The minimum Gasteiger partial charge on any atom is -0.492 e. The van der Waals surface area contributed by atoms with E-state index in [-0.39, 0.29) is 5.91 Å². The van der Waals surface area contributed by atoms with E-state index in [0.717, 1.165) is 34.7 Å². The summed E-state index contributed by atoms with van der Waals surface area (Å²) in [4.78, 5) is 25.5. The van der Waals surface area contributed by atoms with Crippen molar-refractivity contribution >= 4 is 39.0 Å². The highest BCUT2D eigenvalue weighted by atomic mass is 32.1. The fraction of sp³-hybridized carbons (Fsp3) is 0.350. The van der Waals surface area contributed by atoms with Crippen molar-refractivity contribution in [2.24, 2.45) is 0 Å². The van der Waals surface area contributed by atoms with Gasteiger partial charge in [0.2, 0.25) is 0 Å². The molecule has 1 amide bonds. The van der Waals surface area contributed by atoms with E-state index in [0.29, 0.717) is 22.9 Å². The number of carbonyl (C=O) groups is 1. The second-order valence-corrected chi connectivity index (χ2v) is 6.99. The van der Waals surface area contributed by atoms with Crippen LogP contribution in [0.1, 0.15) is 36.0 Å². The Balaban J connectivity index is 1.99. The molecule has 0 aliphatic heterocycles. The predicted molar refractivity (Wildman–Crippen MR) is 111 cm³/mol. The molecule has 142 valence electrons. The molecule has 0 aliphatic rings. The summed E-state index contributed by atoms with van der Waals surface area (Å²) in [5.74, 6) is 1.39. The summed E-state index contributed by atoms with van der Waals surface area (Å²) in [6, 6.07) is 7.45. The van der Waals surface area contributed by atoms with E-state index in [4.69, 9.17) is 4.74 Å². The van der Waals surface area contributed by atoms with Crippen molar-refractivity contribution in [3.05, 3.63) is 41.0 Å². The van der Waals surface area contributed by atoms with Gasteiger partial charge in [0, 0.05) is 13.1 Å². The van der Waals surface area contributed by atoms with Crippen LogP contribution in [0.5, 0.6) is 5.75 Å². The van der Waals surface area contributed by atoms with Crippen molar-refractivity contribution < 1.29 is 9.53 Å². The third-order valence-electron chi connectivity index (χ3n) is 4.41. The normalized spacial score (nSPS) is 10.8. The highest BCUT2D eigenvalue weighted by molar-refractivity contribution is 7.20. The molecule has 7 heteroatoms. The number of benzene rings is 1. The molecule has 1 N–H and O–H groups in total. The van der Waals surface area contributed by atoms with E-state index in [9.17, 15) is 4.79 Å². The topological polar surface area (TPSA) is 67.3 Å². The third-order valence-corrected chi connectivity index (χ3v) is 5.61. The van der Waals surface area contributed by atoms with Crippen molar-refractivity contribution in [2.45, 2.75) is 27.7 Å². The summed E-state index contributed by atoms with van der Waals surface area (Å²) in [5.41, 5.74) is 1.57. The second-order valence-electron chi connectivity index (χ2n) is 5.99. The second kappa shape index (κ2) is 8.35. The van der Waals surface area contributed by atoms with Crippen LogP contribution in [-0.2, 0) is 0 Å². The molecule has 3 rings (SSSR count). The summed E-state index contributed by atoms with van der Waals surface area (Å²) in [7, 11) is 0. The number of hydrogen-bond acceptors (Lipinski definition) is 6. The zero-order valence-electron chi connectivity index (χ0n) is 16.1. The Morgan fingerprint density at radius 2 is 1.93 bits per heavy atom. The molecule has 0 fully saturated rings. The Bertz CT molecular complexity index is 950. The number of nitrogens with one attached hydrogen (secondary N) is 1. The van der Waals surface area contributed by atoms with Gasteiger partial charge in [0.05, 0.1) is 22.6 Å². The number of fused-ring (bicyclic) bond motifs is 1. The maximum absolute atomic E-state index is 13.0. The summed E-state index contributed by atoms with van der Waals surface area (Å²) in [5, 5.41) is 3.93. The average molecular weight is 385 g/mol. The van der Waals surface area contributed by atoms with Crippen molar-refractivity contribution in [3.63, 3.8) is 0 Å². The number of nitrogens with zero attached hydrogens (tertiary/aromatic N) is 3. The van der Waals surface area contributed by atoms with Gasteiger partial charge in [-0.15, -0.1) is 11.3 Å². The van der Waals surface area contributed by atoms with E-state index in [1.54, 1.807) is 6.33 Å². The van der Waals surface area contributed by atoms with Crippen LogP contribution in [0.4, 0.5) is 11.5 Å². The number of anilines is 2. The van der Waals surface area contributed by atoms with Gasteiger partial charge in [-0.25, -0.2) is 9.97 Å². The van der Waals surface area contributed by atoms with Gasteiger partial charge in [0.25, 0.3) is 5.91 Å². The first-order valence-corrected chi connectivity index (χ1v) is 9.94. The lowest BCUT2D eigenvalue weighted by Crippen LogP contribution is -2.23. The van der Waals surface area contributed by atoms with E-state index in [2.05, 4.69) is 34.0 Å². The number of aromatic nitrogens is 2. The first kappa shape index (κ1) is 19.1. The molecular formula is C20H24N4O2S. The number of rotatable bonds is 7. The van der Waals surface area contributed by atoms with Crippen LogP contribution >= 0.6 is 11.3 Å². The minimum atomic E-state index is -0.159. The predicted octanol–water partition coefficient (Wildman–Crippen LogP) is 4.50. The molecular weight excluding hydrogens is 360 g/mol. The summed E-state index contributed by atoms with van der Waals surface area (Å²) in [6.07, 6.45) is 1.57. The Hall–Kier alpha value is -2.67. The van der Waals surface area contributed by atoms with Crippen LogP contribution in [0.2, 0.25) is 0 Å². The first-order valence-electron chi connectivity index (χ1n) is 9.12. The van der Waals surface area contributed by atoms with Gasteiger partial charge < -0.3 is 15.0 Å². The Kier molecular flexibility index (Phi) is 5.91. The van der Waals surface area contributed by atoms with E-state index in [1.807, 2.05) is 38.1 Å². The van der Waals surface area contributed by atoms with E-state index < -0.39 is 0 Å². The van der Waals surface area contributed by atoms with Gasteiger partial charge in [0.15, 0.2) is 0 Å². The lowest BCUT2D eigenvalue weighted by molar-refractivity contribution is 0.102. The van der Waals surface area contributed by atoms with Crippen LogP contribution in [0.3, 0.4) is 0 Å². The summed E-state index contributed by atoms with van der Waals surface area (Å²) >= 11 is 1.39. The lowest BCUT2D eigenvalue weighted by atomic mass is 10.2. The lowest BCUT2D eigenvalue weighted by Gasteiger charge is -2.20. The fourth-order valence-electron chi connectivity index (χ4n) is 3.06. The zero-order valence-corrected chi connectivity index (χ0v) is 16.9. The van der Waals surface area contributed by atoms with Gasteiger partial charge in [-0.1, -0.05) is 12.1 Å². The van der Waals surface area contributed by atoms with Crippen LogP contribution in [0.15, 0.2) is 30.6 Å². The quantitative estimate of drug-likeness (QED) is 0.650. The van der Waals surface area contributed by atoms with Gasteiger partial charge in [-0.05, 0) is 45.4 Å². The molecule has 0 radical (unpaired) electrons. The summed E-state index contributed by atoms with van der Waals surface area (Å²) < 4.78 is 5.60. The number of thiophene rings is 1. The smallest absolute Gasteiger partial charge is 0.266 e. The number of ether oxygens (including phenoxy) is 1. The maximum Gasteiger partial charge on any atom is 0.266 e. The van der Waals surface area contributed by atoms with Crippen molar-refractivity contribution in [2.75, 3.05) is 29.9 Å². The monoisotopic (exact) mass is 384 g/mol. The van der Waals surface area contributed by atoms with Crippen molar-refractivity contribution in [1.29, 1.82) is 0 Å². The Labute approximate surface area is 163 Å².